The summed E-state index contributed by atoms with van der Waals surface area (Å²) in [6.07, 6.45) is -5.08. The van der Waals surface area contributed by atoms with E-state index in [-0.39, 0.29) is 11.9 Å². The number of hydrogen-bond donors (Lipinski definition) is 1. The van der Waals surface area contributed by atoms with E-state index in [9.17, 15) is 13.2 Å². The zero-order valence-corrected chi connectivity index (χ0v) is 10.9. The first-order valence-electron chi connectivity index (χ1n) is 6.22. The molecule has 1 aliphatic rings. The van der Waals surface area contributed by atoms with E-state index in [1.165, 1.54) is 12.1 Å². The Morgan fingerprint density at radius 1 is 1.30 bits per heavy atom. The number of hydrogen-bond acceptors (Lipinski definition) is 4. The molecule has 1 saturated heterocycles. The molecule has 1 aromatic rings. The van der Waals surface area contributed by atoms with Gasteiger partial charge in [0.2, 0.25) is 0 Å². The van der Waals surface area contributed by atoms with Gasteiger partial charge in [0, 0.05) is 5.56 Å². The Hall–Kier alpha value is -1.31. The highest BCUT2D eigenvalue weighted by atomic mass is 19.4. The van der Waals surface area contributed by atoms with Crippen molar-refractivity contribution in [3.8, 4) is 5.75 Å². The molecule has 0 aliphatic carbocycles. The molecule has 2 atom stereocenters. The zero-order chi connectivity index (χ0) is 14.6. The predicted octanol–water partition coefficient (Wildman–Crippen LogP) is 2.26. The molecule has 20 heavy (non-hydrogen) atoms. The summed E-state index contributed by atoms with van der Waals surface area (Å²) in [5.41, 5.74) is 0.392. The van der Waals surface area contributed by atoms with E-state index in [1.807, 2.05) is 0 Å². The van der Waals surface area contributed by atoms with Crippen LogP contribution in [0, 0.1) is 0 Å². The summed E-state index contributed by atoms with van der Waals surface area (Å²) in [4.78, 5) is 0. The summed E-state index contributed by atoms with van der Waals surface area (Å²) in [7, 11) is 1.66. The van der Waals surface area contributed by atoms with Gasteiger partial charge in [0.05, 0.1) is 25.9 Å². The van der Waals surface area contributed by atoms with Crippen molar-refractivity contribution in [1.82, 2.24) is 5.32 Å². The van der Waals surface area contributed by atoms with E-state index in [0.717, 1.165) is 0 Å². The highest BCUT2D eigenvalue weighted by Gasteiger charge is 2.34. The minimum Gasteiger partial charge on any atom is -0.405 e. The van der Waals surface area contributed by atoms with Gasteiger partial charge in [-0.2, -0.15) is 0 Å². The summed E-state index contributed by atoms with van der Waals surface area (Å²) in [5.74, 6) is -0.228. The summed E-state index contributed by atoms with van der Waals surface area (Å²) >= 11 is 0. The maximum absolute atomic E-state index is 12.4. The SMILES string of the molecule is CNC(c1ccccc1OC(F)(F)F)C1COCCO1. The maximum atomic E-state index is 12.4. The third kappa shape index (κ3) is 3.84. The van der Waals surface area contributed by atoms with Crippen LogP contribution in [0.25, 0.3) is 0 Å². The van der Waals surface area contributed by atoms with Crippen LogP contribution in [0.15, 0.2) is 24.3 Å². The molecule has 1 N–H and O–H groups in total. The Morgan fingerprint density at radius 3 is 2.65 bits per heavy atom. The molecule has 0 aromatic heterocycles. The van der Waals surface area contributed by atoms with Gasteiger partial charge in [0.15, 0.2) is 0 Å². The van der Waals surface area contributed by atoms with Crippen molar-refractivity contribution >= 4 is 0 Å². The molecule has 0 radical (unpaired) electrons. The van der Waals surface area contributed by atoms with Gasteiger partial charge >= 0.3 is 6.36 Å². The normalized spacial score (nSPS) is 21.5. The number of rotatable bonds is 4. The van der Waals surface area contributed by atoms with Gasteiger partial charge in [0.25, 0.3) is 0 Å². The molecule has 0 saturated carbocycles. The topological polar surface area (TPSA) is 39.7 Å². The molecule has 0 spiro atoms. The lowest BCUT2D eigenvalue weighted by molar-refractivity contribution is -0.275. The summed E-state index contributed by atoms with van der Waals surface area (Å²) in [6, 6.07) is 5.59. The third-order valence-electron chi connectivity index (χ3n) is 3.00. The first-order valence-corrected chi connectivity index (χ1v) is 6.22. The maximum Gasteiger partial charge on any atom is 0.573 e. The molecular weight excluding hydrogens is 275 g/mol. The van der Waals surface area contributed by atoms with Crippen LogP contribution in [0.5, 0.6) is 5.75 Å². The second-order valence-corrected chi connectivity index (χ2v) is 4.34. The lowest BCUT2D eigenvalue weighted by Gasteiger charge is -2.31. The van der Waals surface area contributed by atoms with Crippen LogP contribution in [0.3, 0.4) is 0 Å². The van der Waals surface area contributed by atoms with Gasteiger partial charge in [-0.3, -0.25) is 0 Å². The van der Waals surface area contributed by atoms with Gasteiger partial charge in [0.1, 0.15) is 11.9 Å². The largest absolute Gasteiger partial charge is 0.573 e. The Labute approximate surface area is 114 Å². The first-order chi connectivity index (χ1) is 9.51. The van der Waals surface area contributed by atoms with E-state index in [0.29, 0.717) is 25.4 Å². The lowest BCUT2D eigenvalue weighted by atomic mass is 10.0. The minimum atomic E-state index is -4.72. The van der Waals surface area contributed by atoms with E-state index < -0.39 is 12.4 Å². The quantitative estimate of drug-likeness (QED) is 0.923. The standard InChI is InChI=1S/C13H16F3NO3/c1-17-12(11-8-18-6-7-19-11)9-4-2-3-5-10(9)20-13(14,15)16/h2-5,11-12,17H,6-8H2,1H3. The molecule has 1 aliphatic heterocycles. The highest BCUT2D eigenvalue weighted by molar-refractivity contribution is 5.36. The fourth-order valence-corrected chi connectivity index (χ4v) is 2.20. The Morgan fingerprint density at radius 2 is 2.05 bits per heavy atom. The second-order valence-electron chi connectivity index (χ2n) is 4.34. The van der Waals surface area contributed by atoms with Crippen molar-refractivity contribution in [1.29, 1.82) is 0 Å². The fourth-order valence-electron chi connectivity index (χ4n) is 2.20. The highest BCUT2D eigenvalue weighted by Crippen LogP contribution is 2.32. The monoisotopic (exact) mass is 291 g/mol. The van der Waals surface area contributed by atoms with Gasteiger partial charge in [-0.05, 0) is 13.1 Å². The Balaban J connectivity index is 2.24. The fraction of sp³-hybridized carbons (Fsp3) is 0.538. The van der Waals surface area contributed by atoms with Gasteiger partial charge in [-0.15, -0.1) is 13.2 Å². The van der Waals surface area contributed by atoms with Crippen molar-refractivity contribution in [2.75, 3.05) is 26.9 Å². The van der Waals surface area contributed by atoms with Crippen LogP contribution in [-0.4, -0.2) is 39.3 Å². The van der Waals surface area contributed by atoms with Crippen molar-refractivity contribution in [3.05, 3.63) is 29.8 Å². The van der Waals surface area contributed by atoms with Crippen LogP contribution in [0.1, 0.15) is 11.6 Å². The number of halogens is 3. The number of nitrogens with one attached hydrogen (secondary N) is 1. The molecule has 4 nitrogen and oxygen atoms in total. The van der Waals surface area contributed by atoms with Crippen molar-refractivity contribution in [2.24, 2.45) is 0 Å². The molecule has 1 aromatic carbocycles. The van der Waals surface area contributed by atoms with Gasteiger partial charge in [-0.1, -0.05) is 18.2 Å². The Bertz CT molecular complexity index is 433. The van der Waals surface area contributed by atoms with E-state index in [2.05, 4.69) is 10.1 Å². The van der Waals surface area contributed by atoms with Crippen molar-refractivity contribution < 1.29 is 27.4 Å². The van der Waals surface area contributed by atoms with E-state index in [1.54, 1.807) is 19.2 Å². The molecule has 2 unspecified atom stereocenters. The average molecular weight is 291 g/mol. The predicted molar refractivity (Wildman–Crippen MR) is 65.5 cm³/mol. The van der Waals surface area contributed by atoms with Crippen molar-refractivity contribution in [2.45, 2.75) is 18.5 Å². The summed E-state index contributed by atoms with van der Waals surface area (Å²) < 4.78 is 52.2. The number of likely N-dealkylation sites (N-methyl/N-ethyl adjacent to an activating group) is 1. The van der Waals surface area contributed by atoms with Crippen LogP contribution in [-0.2, 0) is 9.47 Å². The average Bonchev–Trinajstić information content (AvgIpc) is 2.41. The van der Waals surface area contributed by atoms with Crippen LogP contribution >= 0.6 is 0 Å². The zero-order valence-electron chi connectivity index (χ0n) is 10.9. The van der Waals surface area contributed by atoms with Gasteiger partial charge in [-0.25, -0.2) is 0 Å². The molecule has 0 amide bonds. The number of para-hydroxylation sites is 1. The molecule has 1 fully saturated rings. The molecule has 0 bridgehead atoms. The Kier molecular flexibility index (Phi) is 4.85. The molecule has 112 valence electrons. The summed E-state index contributed by atoms with van der Waals surface area (Å²) in [6.45, 7) is 1.24. The molecule has 7 heteroatoms. The second kappa shape index (κ2) is 6.43. The number of benzene rings is 1. The third-order valence-corrected chi connectivity index (χ3v) is 3.00. The summed E-state index contributed by atoms with van der Waals surface area (Å²) in [5, 5.41) is 2.96. The molecule has 2 rings (SSSR count). The molecule has 1 heterocycles. The lowest BCUT2D eigenvalue weighted by Crippen LogP contribution is -2.39. The molecular formula is C13H16F3NO3. The van der Waals surface area contributed by atoms with Crippen LogP contribution < -0.4 is 10.1 Å². The van der Waals surface area contributed by atoms with E-state index >= 15 is 0 Å². The first kappa shape index (κ1) is 15.1. The van der Waals surface area contributed by atoms with Crippen LogP contribution in [0.2, 0.25) is 0 Å². The minimum absolute atomic E-state index is 0.228. The van der Waals surface area contributed by atoms with Gasteiger partial charge < -0.3 is 19.5 Å². The van der Waals surface area contributed by atoms with E-state index in [4.69, 9.17) is 9.47 Å². The number of ether oxygens (including phenoxy) is 3. The number of alkyl halides is 3. The smallest absolute Gasteiger partial charge is 0.405 e. The van der Waals surface area contributed by atoms with Crippen LogP contribution in [0.4, 0.5) is 13.2 Å². The van der Waals surface area contributed by atoms with Crippen molar-refractivity contribution in [3.63, 3.8) is 0 Å².